The van der Waals surface area contributed by atoms with Gasteiger partial charge < -0.3 is 0 Å². The van der Waals surface area contributed by atoms with Gasteiger partial charge in [-0.1, -0.05) is 29.4 Å². The highest BCUT2D eigenvalue weighted by Crippen LogP contribution is 2.33. The molecule has 1 aromatic heterocycles. The van der Waals surface area contributed by atoms with E-state index in [0.717, 1.165) is 28.5 Å². The normalized spacial score (nSPS) is 13.3. The monoisotopic (exact) mass is 482 g/mol. The third-order valence-electron chi connectivity index (χ3n) is 4.60. The van der Waals surface area contributed by atoms with Gasteiger partial charge in [-0.05, 0) is 42.5 Å². The van der Waals surface area contributed by atoms with Gasteiger partial charge in [0.1, 0.15) is 0 Å². The number of nitrogens with zero attached hydrogens (tertiary/aromatic N) is 2. The van der Waals surface area contributed by atoms with Crippen LogP contribution in [0, 0.1) is 0 Å². The molecule has 1 aliphatic heterocycles. The van der Waals surface area contributed by atoms with Crippen LogP contribution in [0.4, 0.5) is 13.2 Å². The summed E-state index contributed by atoms with van der Waals surface area (Å²) in [6.45, 7) is 0. The van der Waals surface area contributed by atoms with E-state index in [9.17, 15) is 22.8 Å². The van der Waals surface area contributed by atoms with E-state index in [1.54, 1.807) is 24.3 Å². The molecule has 0 aliphatic carbocycles. The standard InChI is InChI=1S/C21H14ClF3N2O2S2/c22-14-6-4-12(5-7-14)17(28)11-31-20-26-16-8-9-30-18(16)19(29)27(20)15-3-1-2-13(10-15)21(23,24)25/h1-7,10H,8-9,11H2. The van der Waals surface area contributed by atoms with Crippen LogP contribution in [0.15, 0.2) is 63.4 Å². The van der Waals surface area contributed by atoms with Crippen LogP contribution >= 0.6 is 35.1 Å². The summed E-state index contributed by atoms with van der Waals surface area (Å²) in [7, 11) is 0. The van der Waals surface area contributed by atoms with Gasteiger partial charge in [0.15, 0.2) is 10.9 Å². The minimum Gasteiger partial charge on any atom is -0.293 e. The Bertz CT molecular complexity index is 1210. The number of thioether (sulfide) groups is 2. The van der Waals surface area contributed by atoms with Gasteiger partial charge in [-0.25, -0.2) is 4.98 Å². The van der Waals surface area contributed by atoms with Crippen LogP contribution in [-0.4, -0.2) is 26.8 Å². The van der Waals surface area contributed by atoms with Crippen LogP contribution in [0.2, 0.25) is 5.02 Å². The molecule has 2 aromatic carbocycles. The van der Waals surface area contributed by atoms with E-state index in [1.807, 2.05) is 0 Å². The van der Waals surface area contributed by atoms with E-state index in [4.69, 9.17) is 11.6 Å². The zero-order chi connectivity index (χ0) is 22.2. The predicted molar refractivity (Wildman–Crippen MR) is 116 cm³/mol. The third kappa shape index (κ3) is 4.68. The summed E-state index contributed by atoms with van der Waals surface area (Å²) in [4.78, 5) is 30.6. The summed E-state index contributed by atoms with van der Waals surface area (Å²) >= 11 is 8.21. The number of rotatable bonds is 5. The number of alkyl halides is 3. The molecule has 1 aliphatic rings. The molecular formula is C21H14ClF3N2O2S2. The number of carbonyl (C=O) groups is 1. The van der Waals surface area contributed by atoms with Gasteiger partial charge >= 0.3 is 6.18 Å². The molecule has 0 bridgehead atoms. The molecule has 3 aromatic rings. The van der Waals surface area contributed by atoms with E-state index in [-0.39, 0.29) is 22.4 Å². The molecule has 10 heteroatoms. The number of ketones is 1. The molecule has 4 rings (SSSR count). The smallest absolute Gasteiger partial charge is 0.293 e. The van der Waals surface area contributed by atoms with E-state index in [0.29, 0.717) is 33.3 Å². The molecule has 0 N–H and O–H groups in total. The molecule has 0 saturated carbocycles. The number of Topliss-reactive ketones (excluding diaryl/α,β-unsaturated/α-hetero) is 1. The predicted octanol–water partition coefficient (Wildman–Crippen LogP) is 5.53. The van der Waals surface area contributed by atoms with Gasteiger partial charge in [0.25, 0.3) is 5.56 Å². The first-order valence-electron chi connectivity index (χ1n) is 9.12. The van der Waals surface area contributed by atoms with Crippen LogP contribution in [0.25, 0.3) is 5.69 Å². The Morgan fingerprint density at radius 3 is 2.65 bits per heavy atom. The zero-order valence-corrected chi connectivity index (χ0v) is 18.2. The second-order valence-corrected chi connectivity index (χ2v) is 9.16. The lowest BCUT2D eigenvalue weighted by Gasteiger charge is -2.15. The van der Waals surface area contributed by atoms with Gasteiger partial charge in [0, 0.05) is 22.8 Å². The molecule has 0 unspecified atom stereocenters. The summed E-state index contributed by atoms with van der Waals surface area (Å²) in [5.74, 6) is 0.443. The molecular weight excluding hydrogens is 469 g/mol. The topological polar surface area (TPSA) is 52.0 Å². The van der Waals surface area contributed by atoms with E-state index in [1.165, 1.54) is 23.9 Å². The number of hydrogen-bond donors (Lipinski definition) is 0. The summed E-state index contributed by atoms with van der Waals surface area (Å²) < 4.78 is 40.8. The van der Waals surface area contributed by atoms with Crippen LogP contribution in [0.3, 0.4) is 0 Å². The summed E-state index contributed by atoms with van der Waals surface area (Å²) in [5.41, 5.74) is -0.170. The highest BCUT2D eigenvalue weighted by molar-refractivity contribution is 8.00. The Morgan fingerprint density at radius 2 is 1.94 bits per heavy atom. The summed E-state index contributed by atoms with van der Waals surface area (Å²) in [6, 6.07) is 10.9. The van der Waals surface area contributed by atoms with Crippen LogP contribution in [0.1, 0.15) is 21.6 Å². The van der Waals surface area contributed by atoms with Crippen molar-refractivity contribution in [1.82, 2.24) is 9.55 Å². The fraction of sp³-hybridized carbons (Fsp3) is 0.190. The maximum absolute atomic E-state index is 13.2. The largest absolute Gasteiger partial charge is 0.416 e. The number of aryl methyl sites for hydroxylation is 1. The SMILES string of the molecule is O=C(CSc1nc2c(c(=O)n1-c1cccc(C(F)(F)F)c1)SCC2)c1ccc(Cl)cc1. The summed E-state index contributed by atoms with van der Waals surface area (Å²) in [6.07, 6.45) is -3.95. The van der Waals surface area contributed by atoms with Gasteiger partial charge in [-0.2, -0.15) is 13.2 Å². The van der Waals surface area contributed by atoms with E-state index < -0.39 is 17.3 Å². The van der Waals surface area contributed by atoms with Gasteiger partial charge in [-0.3, -0.25) is 14.2 Å². The van der Waals surface area contributed by atoms with Crippen LogP contribution < -0.4 is 5.56 Å². The van der Waals surface area contributed by atoms with Crippen molar-refractivity contribution < 1.29 is 18.0 Å². The molecule has 0 atom stereocenters. The third-order valence-corrected chi connectivity index (χ3v) is 6.89. The minimum absolute atomic E-state index is 0.0288. The fourth-order valence-corrected chi connectivity index (χ4v) is 5.16. The molecule has 4 nitrogen and oxygen atoms in total. The number of fused-ring (bicyclic) bond motifs is 1. The molecule has 31 heavy (non-hydrogen) atoms. The molecule has 0 fully saturated rings. The lowest BCUT2D eigenvalue weighted by Crippen LogP contribution is -2.24. The first-order chi connectivity index (χ1) is 14.7. The Balaban J connectivity index is 1.73. The van der Waals surface area contributed by atoms with Crippen molar-refractivity contribution in [1.29, 1.82) is 0 Å². The number of carbonyl (C=O) groups excluding carboxylic acids is 1. The number of hydrogen-bond acceptors (Lipinski definition) is 5. The Morgan fingerprint density at radius 1 is 1.19 bits per heavy atom. The Kier molecular flexibility index (Phi) is 6.18. The van der Waals surface area contributed by atoms with E-state index >= 15 is 0 Å². The number of halogens is 4. The Labute approximate surface area is 188 Å². The van der Waals surface area contributed by atoms with Crippen molar-refractivity contribution >= 4 is 40.9 Å². The maximum atomic E-state index is 13.2. The van der Waals surface area contributed by atoms with Crippen molar-refractivity contribution in [3.05, 3.63) is 80.7 Å². The average molecular weight is 483 g/mol. The van der Waals surface area contributed by atoms with E-state index in [2.05, 4.69) is 4.98 Å². The molecule has 2 heterocycles. The van der Waals surface area contributed by atoms with Crippen molar-refractivity contribution in [2.24, 2.45) is 0 Å². The second kappa shape index (κ2) is 8.72. The average Bonchev–Trinajstić information content (AvgIpc) is 3.21. The fourth-order valence-electron chi connectivity index (χ4n) is 3.09. The summed E-state index contributed by atoms with van der Waals surface area (Å²) in [5, 5.41) is 0.688. The Hall–Kier alpha value is -2.23. The van der Waals surface area contributed by atoms with Crippen LogP contribution in [-0.2, 0) is 12.6 Å². The molecule has 0 saturated heterocycles. The van der Waals surface area contributed by atoms with Crippen molar-refractivity contribution in [2.75, 3.05) is 11.5 Å². The van der Waals surface area contributed by atoms with Gasteiger partial charge in [0.05, 0.1) is 27.6 Å². The number of benzene rings is 2. The quantitative estimate of drug-likeness (QED) is 0.272. The first-order valence-corrected chi connectivity index (χ1v) is 11.5. The molecule has 0 amide bonds. The van der Waals surface area contributed by atoms with Crippen molar-refractivity contribution in [3.8, 4) is 5.69 Å². The van der Waals surface area contributed by atoms with Gasteiger partial charge in [-0.15, -0.1) is 11.8 Å². The molecule has 0 spiro atoms. The zero-order valence-electron chi connectivity index (χ0n) is 15.8. The lowest BCUT2D eigenvalue weighted by molar-refractivity contribution is -0.137. The molecule has 0 radical (unpaired) electrons. The van der Waals surface area contributed by atoms with Crippen molar-refractivity contribution in [3.63, 3.8) is 0 Å². The highest BCUT2D eigenvalue weighted by Gasteiger charge is 2.31. The molecule has 160 valence electrons. The highest BCUT2D eigenvalue weighted by atomic mass is 35.5. The lowest BCUT2D eigenvalue weighted by atomic mass is 10.1. The minimum atomic E-state index is -4.55. The first kappa shape index (κ1) is 22.0. The second-order valence-electron chi connectivity index (χ2n) is 6.68. The van der Waals surface area contributed by atoms with Crippen molar-refractivity contribution in [2.45, 2.75) is 22.6 Å². The maximum Gasteiger partial charge on any atom is 0.416 e. The number of aromatic nitrogens is 2. The van der Waals surface area contributed by atoms with Crippen LogP contribution in [0.5, 0.6) is 0 Å². The van der Waals surface area contributed by atoms with Gasteiger partial charge in [0.2, 0.25) is 0 Å².